The molecule has 2 aromatic rings. The van der Waals surface area contributed by atoms with Crippen molar-refractivity contribution in [3.8, 4) is 5.75 Å². The number of hydrogen-bond acceptors (Lipinski definition) is 3. The summed E-state index contributed by atoms with van der Waals surface area (Å²) in [6.45, 7) is 8.93. The molecule has 3 nitrogen and oxygen atoms in total. The predicted molar refractivity (Wildman–Crippen MR) is 111 cm³/mol. The molecule has 0 amide bonds. The average Bonchev–Trinajstić information content (AvgIpc) is 2.59. The van der Waals surface area contributed by atoms with Gasteiger partial charge in [0.2, 0.25) is 0 Å². The zero-order valence-corrected chi connectivity index (χ0v) is 17.1. The van der Waals surface area contributed by atoms with E-state index in [1.54, 1.807) is 0 Å². The molecule has 0 aliphatic carbocycles. The molecule has 2 rings (SSSR count). The first-order chi connectivity index (χ1) is 11.9. The van der Waals surface area contributed by atoms with Crippen LogP contribution in [0.1, 0.15) is 55.0 Å². The molecule has 0 unspecified atom stereocenters. The SMILES string of the molecule is Cc1cc([C@H](N)[C@H](O)CCC(C)C)cc(C)c1OCc1ccccc1.Cl. The van der Waals surface area contributed by atoms with Gasteiger partial charge in [0, 0.05) is 0 Å². The van der Waals surface area contributed by atoms with Crippen LogP contribution >= 0.6 is 12.4 Å². The molecule has 144 valence electrons. The lowest BCUT2D eigenvalue weighted by molar-refractivity contribution is 0.128. The van der Waals surface area contributed by atoms with Crippen LogP contribution in [0.15, 0.2) is 42.5 Å². The number of ether oxygens (including phenoxy) is 1. The first-order valence-corrected chi connectivity index (χ1v) is 9.10. The van der Waals surface area contributed by atoms with Crippen molar-refractivity contribution in [2.24, 2.45) is 11.7 Å². The molecule has 0 aliphatic heterocycles. The molecule has 0 spiro atoms. The molecular formula is C22H32ClNO2. The van der Waals surface area contributed by atoms with Gasteiger partial charge in [-0.05, 0) is 54.9 Å². The number of aryl methyl sites for hydroxylation is 2. The molecule has 3 N–H and O–H groups in total. The second kappa shape index (κ2) is 10.6. The van der Waals surface area contributed by atoms with Gasteiger partial charge < -0.3 is 15.6 Å². The number of halogens is 1. The van der Waals surface area contributed by atoms with Crippen LogP contribution in [0.4, 0.5) is 0 Å². The van der Waals surface area contributed by atoms with Crippen molar-refractivity contribution in [2.45, 2.75) is 59.3 Å². The third kappa shape index (κ3) is 6.31. The van der Waals surface area contributed by atoms with Gasteiger partial charge in [-0.3, -0.25) is 0 Å². The quantitative estimate of drug-likeness (QED) is 0.672. The van der Waals surface area contributed by atoms with Gasteiger partial charge in [0.25, 0.3) is 0 Å². The van der Waals surface area contributed by atoms with Crippen molar-refractivity contribution in [3.63, 3.8) is 0 Å². The first-order valence-electron chi connectivity index (χ1n) is 9.10. The van der Waals surface area contributed by atoms with Crippen LogP contribution in [-0.4, -0.2) is 11.2 Å². The molecule has 0 heterocycles. The molecule has 0 bridgehead atoms. The van der Waals surface area contributed by atoms with Crippen LogP contribution in [0, 0.1) is 19.8 Å². The highest BCUT2D eigenvalue weighted by molar-refractivity contribution is 5.85. The maximum absolute atomic E-state index is 10.4. The molecule has 0 aliphatic rings. The van der Waals surface area contributed by atoms with Gasteiger partial charge in [-0.25, -0.2) is 0 Å². The third-order valence-corrected chi connectivity index (χ3v) is 4.55. The molecule has 2 aromatic carbocycles. The lowest BCUT2D eigenvalue weighted by Crippen LogP contribution is -2.26. The Bertz CT molecular complexity index is 650. The van der Waals surface area contributed by atoms with Crippen molar-refractivity contribution < 1.29 is 9.84 Å². The average molecular weight is 378 g/mol. The topological polar surface area (TPSA) is 55.5 Å². The van der Waals surface area contributed by atoms with E-state index in [9.17, 15) is 5.11 Å². The van der Waals surface area contributed by atoms with Gasteiger partial charge >= 0.3 is 0 Å². The van der Waals surface area contributed by atoms with Gasteiger partial charge in [0.05, 0.1) is 12.1 Å². The summed E-state index contributed by atoms with van der Waals surface area (Å²) < 4.78 is 6.02. The Kier molecular flexibility index (Phi) is 9.14. The van der Waals surface area contributed by atoms with E-state index < -0.39 is 6.10 Å². The monoisotopic (exact) mass is 377 g/mol. The predicted octanol–water partition coefficient (Wildman–Crippen LogP) is 5.10. The minimum absolute atomic E-state index is 0. The van der Waals surface area contributed by atoms with Crippen LogP contribution < -0.4 is 10.5 Å². The van der Waals surface area contributed by atoms with Crippen molar-refractivity contribution >= 4 is 12.4 Å². The van der Waals surface area contributed by atoms with E-state index in [2.05, 4.69) is 26.0 Å². The Morgan fingerprint density at radius 2 is 1.58 bits per heavy atom. The molecule has 0 saturated carbocycles. The van der Waals surface area contributed by atoms with Crippen LogP contribution in [0.5, 0.6) is 5.75 Å². The smallest absolute Gasteiger partial charge is 0.125 e. The number of aliphatic hydroxyl groups is 1. The van der Waals surface area contributed by atoms with Gasteiger partial charge in [0.1, 0.15) is 12.4 Å². The second-order valence-corrected chi connectivity index (χ2v) is 7.32. The summed E-state index contributed by atoms with van der Waals surface area (Å²) in [5.74, 6) is 1.47. The third-order valence-electron chi connectivity index (χ3n) is 4.55. The fourth-order valence-electron chi connectivity index (χ4n) is 3.04. The van der Waals surface area contributed by atoms with Crippen LogP contribution in [0.25, 0.3) is 0 Å². The lowest BCUT2D eigenvalue weighted by atomic mass is 9.93. The summed E-state index contributed by atoms with van der Waals surface area (Å²) in [7, 11) is 0. The second-order valence-electron chi connectivity index (χ2n) is 7.32. The first kappa shape index (κ1) is 22.5. The highest BCUT2D eigenvalue weighted by Gasteiger charge is 2.19. The van der Waals surface area contributed by atoms with E-state index in [1.807, 2.05) is 44.2 Å². The zero-order chi connectivity index (χ0) is 18.4. The highest BCUT2D eigenvalue weighted by atomic mass is 35.5. The fraction of sp³-hybridized carbons (Fsp3) is 0.455. The number of rotatable bonds is 8. The zero-order valence-electron chi connectivity index (χ0n) is 16.2. The fourth-order valence-corrected chi connectivity index (χ4v) is 3.04. The number of aliphatic hydroxyl groups excluding tert-OH is 1. The summed E-state index contributed by atoms with van der Waals surface area (Å²) in [6, 6.07) is 13.9. The van der Waals surface area contributed by atoms with E-state index in [4.69, 9.17) is 10.5 Å². The van der Waals surface area contributed by atoms with Crippen molar-refractivity contribution in [3.05, 3.63) is 64.7 Å². The minimum atomic E-state index is -0.516. The minimum Gasteiger partial charge on any atom is -0.488 e. The Morgan fingerprint density at radius 1 is 1.00 bits per heavy atom. The molecule has 2 atom stereocenters. The highest BCUT2D eigenvalue weighted by Crippen LogP contribution is 2.29. The Morgan fingerprint density at radius 3 is 2.12 bits per heavy atom. The summed E-state index contributed by atoms with van der Waals surface area (Å²) in [5.41, 5.74) is 10.5. The molecule has 0 saturated heterocycles. The molecule has 4 heteroatoms. The molecule has 0 aromatic heterocycles. The standard InChI is InChI=1S/C22H31NO2.ClH/c1-15(2)10-11-20(24)21(23)19-12-16(3)22(17(4)13-19)25-14-18-8-6-5-7-9-18;/h5-9,12-13,15,20-21,24H,10-11,14,23H2,1-4H3;1H/t20-,21+;/m1./s1. The van der Waals surface area contributed by atoms with Gasteiger partial charge in [-0.1, -0.05) is 56.3 Å². The number of benzene rings is 2. The molecule has 0 fully saturated rings. The summed E-state index contributed by atoms with van der Waals surface area (Å²) in [5, 5.41) is 10.4. The maximum atomic E-state index is 10.4. The van der Waals surface area contributed by atoms with Gasteiger partial charge in [-0.2, -0.15) is 0 Å². The summed E-state index contributed by atoms with van der Waals surface area (Å²) in [6.07, 6.45) is 1.19. The normalized spacial score (nSPS) is 13.2. The Hall–Kier alpha value is -1.55. The molecular weight excluding hydrogens is 346 g/mol. The van der Waals surface area contributed by atoms with E-state index in [0.29, 0.717) is 12.5 Å². The summed E-state index contributed by atoms with van der Waals surface area (Å²) >= 11 is 0. The molecule has 0 radical (unpaired) electrons. The van der Waals surface area contributed by atoms with E-state index in [-0.39, 0.29) is 18.4 Å². The summed E-state index contributed by atoms with van der Waals surface area (Å²) in [4.78, 5) is 0. The van der Waals surface area contributed by atoms with Crippen molar-refractivity contribution in [1.82, 2.24) is 0 Å². The van der Waals surface area contributed by atoms with Crippen LogP contribution in [0.2, 0.25) is 0 Å². The van der Waals surface area contributed by atoms with Crippen molar-refractivity contribution in [1.29, 1.82) is 0 Å². The number of nitrogens with two attached hydrogens (primary N) is 1. The molecule has 26 heavy (non-hydrogen) atoms. The van der Waals surface area contributed by atoms with E-state index >= 15 is 0 Å². The number of hydrogen-bond donors (Lipinski definition) is 2. The lowest BCUT2D eigenvalue weighted by Gasteiger charge is -2.22. The Labute approximate surface area is 164 Å². The van der Waals surface area contributed by atoms with Crippen molar-refractivity contribution in [2.75, 3.05) is 0 Å². The largest absolute Gasteiger partial charge is 0.488 e. The van der Waals surface area contributed by atoms with E-state index in [1.165, 1.54) is 0 Å². The Balaban J connectivity index is 0.00000338. The van der Waals surface area contributed by atoms with Gasteiger partial charge in [0.15, 0.2) is 0 Å². The maximum Gasteiger partial charge on any atom is 0.125 e. The van der Waals surface area contributed by atoms with Gasteiger partial charge in [-0.15, -0.1) is 12.4 Å². The van der Waals surface area contributed by atoms with E-state index in [0.717, 1.165) is 40.8 Å². The van der Waals surface area contributed by atoms with Crippen LogP contribution in [-0.2, 0) is 6.61 Å². The van der Waals surface area contributed by atoms with Crippen LogP contribution in [0.3, 0.4) is 0 Å².